The highest BCUT2D eigenvalue weighted by molar-refractivity contribution is 7.09. The number of rotatable bonds is 3. The Hall–Kier alpha value is -1.88. The molecule has 0 fully saturated rings. The van der Waals surface area contributed by atoms with Crippen LogP contribution in [0.4, 0.5) is 0 Å². The molecule has 0 aromatic carbocycles. The van der Waals surface area contributed by atoms with Crippen LogP contribution in [0.5, 0.6) is 5.88 Å². The van der Waals surface area contributed by atoms with E-state index < -0.39 is 0 Å². The average Bonchev–Trinajstić information content (AvgIpc) is 2.97. The first-order valence-electron chi connectivity index (χ1n) is 5.78. The van der Waals surface area contributed by atoms with E-state index in [2.05, 4.69) is 21.4 Å². The first kappa shape index (κ1) is 11.2. The van der Waals surface area contributed by atoms with Crippen LogP contribution in [0.3, 0.4) is 0 Å². The topological polar surface area (TPSA) is 50.9 Å². The van der Waals surface area contributed by atoms with E-state index in [1.54, 1.807) is 22.2 Å². The zero-order valence-electron chi connectivity index (χ0n) is 10.00. The van der Waals surface area contributed by atoms with Gasteiger partial charge in [-0.2, -0.15) is 0 Å². The summed E-state index contributed by atoms with van der Waals surface area (Å²) >= 11 is 1.73. The lowest BCUT2D eigenvalue weighted by atomic mass is 10.2. The summed E-state index contributed by atoms with van der Waals surface area (Å²) in [7, 11) is 0. The maximum atomic E-state index is 10.2. The fraction of sp³-hybridized carbons (Fsp3) is 0.231. The number of thiophene rings is 1. The number of aromatic hydroxyl groups is 1. The van der Waals surface area contributed by atoms with Gasteiger partial charge in [0.15, 0.2) is 5.82 Å². The molecule has 4 nitrogen and oxygen atoms in total. The van der Waals surface area contributed by atoms with E-state index >= 15 is 0 Å². The van der Waals surface area contributed by atoms with E-state index in [4.69, 9.17) is 0 Å². The molecule has 0 radical (unpaired) electrons. The summed E-state index contributed by atoms with van der Waals surface area (Å²) in [5.74, 6) is 0.856. The van der Waals surface area contributed by atoms with Crippen molar-refractivity contribution in [2.75, 3.05) is 0 Å². The second kappa shape index (κ2) is 4.42. The molecule has 3 heterocycles. The van der Waals surface area contributed by atoms with Crippen molar-refractivity contribution in [2.45, 2.75) is 19.9 Å². The highest BCUT2D eigenvalue weighted by atomic mass is 32.1. The number of hydrogen-bond acceptors (Lipinski definition) is 4. The molecular weight excluding hydrogens is 246 g/mol. The molecule has 0 saturated heterocycles. The van der Waals surface area contributed by atoms with Crippen LogP contribution < -0.4 is 0 Å². The van der Waals surface area contributed by atoms with Crippen LogP contribution in [0.2, 0.25) is 0 Å². The van der Waals surface area contributed by atoms with Gasteiger partial charge in [0.25, 0.3) is 0 Å². The summed E-state index contributed by atoms with van der Waals surface area (Å²) in [6.45, 7) is 2.62. The lowest BCUT2D eigenvalue weighted by Gasteiger charge is -2.10. The van der Waals surface area contributed by atoms with Crippen LogP contribution in [0.1, 0.15) is 10.6 Å². The van der Waals surface area contributed by atoms with E-state index in [1.165, 1.54) is 4.88 Å². The molecule has 2 aliphatic heterocycles. The predicted molar refractivity (Wildman–Crippen MR) is 71.1 cm³/mol. The third kappa shape index (κ3) is 1.97. The van der Waals surface area contributed by atoms with Crippen LogP contribution in [-0.4, -0.2) is 19.6 Å². The molecule has 2 aliphatic rings. The number of fused-ring (bicyclic) bond motifs is 1. The predicted octanol–water partition coefficient (Wildman–Crippen LogP) is 2.70. The molecule has 0 atom stereocenters. The first-order valence-corrected chi connectivity index (χ1v) is 6.66. The summed E-state index contributed by atoms with van der Waals surface area (Å²) in [5, 5.41) is 12.2. The van der Waals surface area contributed by atoms with Gasteiger partial charge < -0.3 is 9.67 Å². The van der Waals surface area contributed by atoms with Crippen molar-refractivity contribution in [2.24, 2.45) is 0 Å². The van der Waals surface area contributed by atoms with Gasteiger partial charge in [-0.05, 0) is 30.9 Å². The maximum absolute atomic E-state index is 10.2. The van der Waals surface area contributed by atoms with Crippen molar-refractivity contribution in [3.05, 3.63) is 40.5 Å². The molecule has 18 heavy (non-hydrogen) atoms. The van der Waals surface area contributed by atoms with Crippen molar-refractivity contribution < 1.29 is 5.11 Å². The Labute approximate surface area is 109 Å². The van der Waals surface area contributed by atoms with Crippen molar-refractivity contribution >= 4 is 11.3 Å². The fourth-order valence-corrected chi connectivity index (χ4v) is 2.68. The quantitative estimate of drug-likeness (QED) is 0.786. The van der Waals surface area contributed by atoms with Crippen LogP contribution in [-0.2, 0) is 13.0 Å². The van der Waals surface area contributed by atoms with Gasteiger partial charge in [0.2, 0.25) is 5.88 Å². The smallest absolute Gasteiger partial charge is 0.203 e. The lowest BCUT2D eigenvalue weighted by Crippen LogP contribution is -2.04. The summed E-state index contributed by atoms with van der Waals surface area (Å²) in [4.78, 5) is 9.81. The lowest BCUT2D eigenvalue weighted by molar-refractivity contribution is 0.410. The van der Waals surface area contributed by atoms with E-state index in [9.17, 15) is 5.11 Å². The molecular formula is C13H13N3OS. The molecule has 3 rings (SSSR count). The molecule has 0 amide bonds. The number of hydrogen-bond donors (Lipinski definition) is 1. The van der Waals surface area contributed by atoms with Crippen molar-refractivity contribution in [3.63, 3.8) is 0 Å². The molecule has 1 aromatic heterocycles. The van der Waals surface area contributed by atoms with Crippen molar-refractivity contribution in [1.82, 2.24) is 14.5 Å². The maximum Gasteiger partial charge on any atom is 0.203 e. The van der Waals surface area contributed by atoms with E-state index in [-0.39, 0.29) is 5.88 Å². The molecule has 92 valence electrons. The summed E-state index contributed by atoms with van der Waals surface area (Å²) in [6, 6.07) is 6.00. The first-order chi connectivity index (χ1) is 8.74. The van der Waals surface area contributed by atoms with Gasteiger partial charge >= 0.3 is 0 Å². The second-order valence-electron chi connectivity index (χ2n) is 4.23. The Morgan fingerprint density at radius 3 is 3.11 bits per heavy atom. The van der Waals surface area contributed by atoms with E-state index in [0.717, 1.165) is 24.2 Å². The number of aromatic nitrogens is 3. The Kier molecular flexibility index (Phi) is 2.76. The SMILES string of the molecule is Cc1cc2c(O)n(CCc3cccs3)cnc-2n1. The highest BCUT2D eigenvalue weighted by Crippen LogP contribution is 2.29. The van der Waals surface area contributed by atoms with Gasteiger partial charge in [-0.25, -0.2) is 9.97 Å². The Balaban J connectivity index is 1.88. The molecule has 5 heteroatoms. The number of nitrogens with zero attached hydrogens (tertiary/aromatic N) is 3. The van der Waals surface area contributed by atoms with Crippen molar-refractivity contribution in [3.8, 4) is 17.3 Å². The summed E-state index contributed by atoms with van der Waals surface area (Å²) in [5.41, 5.74) is 1.60. The molecule has 1 aromatic rings. The Bertz CT molecular complexity index is 630. The van der Waals surface area contributed by atoms with Gasteiger partial charge in [0.1, 0.15) is 0 Å². The van der Waals surface area contributed by atoms with Gasteiger partial charge in [-0.3, -0.25) is 0 Å². The van der Waals surface area contributed by atoms with Gasteiger partial charge in [0, 0.05) is 17.1 Å². The fourth-order valence-electron chi connectivity index (χ4n) is 1.98. The highest BCUT2D eigenvalue weighted by Gasteiger charge is 2.15. The van der Waals surface area contributed by atoms with Gasteiger partial charge in [-0.1, -0.05) is 6.07 Å². The minimum absolute atomic E-state index is 0.247. The molecule has 0 bridgehead atoms. The molecule has 0 unspecified atom stereocenters. The van der Waals surface area contributed by atoms with Crippen LogP contribution in [0.25, 0.3) is 11.4 Å². The molecule has 0 spiro atoms. The third-order valence-electron chi connectivity index (χ3n) is 2.89. The standard InChI is InChI=1S/C13H13N3OS/c1-9-7-11-12(15-9)14-8-16(13(11)17)5-4-10-3-2-6-18-10/h2-3,6-8,17H,4-5H2,1H3. The monoisotopic (exact) mass is 259 g/mol. The second-order valence-corrected chi connectivity index (χ2v) is 5.26. The van der Waals surface area contributed by atoms with Crippen LogP contribution in [0.15, 0.2) is 29.9 Å². The largest absolute Gasteiger partial charge is 0.494 e. The summed E-state index contributed by atoms with van der Waals surface area (Å²) in [6.07, 6.45) is 2.55. The minimum Gasteiger partial charge on any atom is -0.494 e. The zero-order valence-corrected chi connectivity index (χ0v) is 10.8. The Morgan fingerprint density at radius 1 is 1.44 bits per heavy atom. The molecule has 0 aliphatic carbocycles. The average molecular weight is 259 g/mol. The molecule has 0 saturated carbocycles. The minimum atomic E-state index is 0.247. The van der Waals surface area contributed by atoms with E-state index in [1.807, 2.05) is 19.1 Å². The zero-order chi connectivity index (χ0) is 12.5. The van der Waals surface area contributed by atoms with E-state index in [0.29, 0.717) is 5.82 Å². The van der Waals surface area contributed by atoms with Gasteiger partial charge in [0.05, 0.1) is 11.9 Å². The Morgan fingerprint density at radius 2 is 2.33 bits per heavy atom. The van der Waals surface area contributed by atoms with Crippen LogP contribution >= 0.6 is 11.3 Å². The van der Waals surface area contributed by atoms with Gasteiger partial charge in [-0.15, -0.1) is 11.3 Å². The third-order valence-corrected chi connectivity index (χ3v) is 3.82. The summed E-state index contributed by atoms with van der Waals surface area (Å²) < 4.78 is 1.77. The number of aryl methyl sites for hydroxylation is 3. The van der Waals surface area contributed by atoms with Crippen LogP contribution in [0, 0.1) is 6.92 Å². The van der Waals surface area contributed by atoms with Crippen molar-refractivity contribution in [1.29, 1.82) is 0 Å². The molecule has 1 N–H and O–H groups in total. The normalized spacial score (nSPS) is 11.2.